The topological polar surface area (TPSA) is 0 Å². The number of halogens is 3. The summed E-state index contributed by atoms with van der Waals surface area (Å²) in [5, 5.41) is -0.0294. The van der Waals surface area contributed by atoms with Crippen molar-refractivity contribution in [3.05, 3.63) is 34.9 Å². The van der Waals surface area contributed by atoms with Crippen molar-refractivity contribution in [3.63, 3.8) is 0 Å². The minimum Gasteiger partial charge on any atom is -0.207 e. The Kier molecular flexibility index (Phi) is 4.50. The van der Waals surface area contributed by atoms with Crippen molar-refractivity contribution in [1.29, 1.82) is 0 Å². The normalized spacial score (nSPS) is 21.3. The molecule has 0 bridgehead atoms. The molecule has 0 aliphatic heterocycles. The number of rotatable bonds is 3. The van der Waals surface area contributed by atoms with Gasteiger partial charge < -0.3 is 0 Å². The summed E-state index contributed by atoms with van der Waals surface area (Å²) in [5.74, 6) is -2.24. The number of alkyl halides is 3. The maximum Gasteiger partial charge on any atom is 0.248 e. The lowest BCUT2D eigenvalue weighted by molar-refractivity contribution is -0.0459. The Balaban J connectivity index is 1.94. The smallest absolute Gasteiger partial charge is 0.207 e. The molecule has 0 spiro atoms. The Morgan fingerprint density at radius 1 is 1.21 bits per heavy atom. The van der Waals surface area contributed by atoms with Crippen LogP contribution in [0, 0.1) is 19.8 Å². The van der Waals surface area contributed by atoms with Crippen molar-refractivity contribution in [2.75, 3.05) is 0 Å². The molecule has 0 N–H and O–H groups in total. The van der Waals surface area contributed by atoms with E-state index in [4.69, 9.17) is 11.6 Å². The van der Waals surface area contributed by atoms with Crippen LogP contribution in [0.25, 0.3) is 0 Å². The van der Waals surface area contributed by atoms with Crippen LogP contribution in [0.2, 0.25) is 0 Å². The van der Waals surface area contributed by atoms with E-state index in [0.717, 1.165) is 6.42 Å². The average Bonchev–Trinajstić information content (AvgIpc) is 2.33. The summed E-state index contributed by atoms with van der Waals surface area (Å²) in [6.07, 6.45) is 1.86. The third-order valence-corrected chi connectivity index (χ3v) is 4.79. The van der Waals surface area contributed by atoms with Crippen LogP contribution in [0.5, 0.6) is 0 Å². The monoisotopic (exact) mass is 286 g/mol. The number of aryl methyl sites for hydroxylation is 2. The van der Waals surface area contributed by atoms with Gasteiger partial charge in [0.2, 0.25) is 5.92 Å². The molecule has 1 unspecified atom stereocenters. The van der Waals surface area contributed by atoms with Gasteiger partial charge in [-0.2, -0.15) is 0 Å². The van der Waals surface area contributed by atoms with Crippen molar-refractivity contribution < 1.29 is 8.78 Å². The standard InChI is InChI=1S/C16H21ClF2/c1-11-3-4-13(9-12(11)2)10-15(17)14-5-7-16(18,19)8-6-14/h3-4,9,14-15H,5-8,10H2,1-2H3. The van der Waals surface area contributed by atoms with E-state index in [1.165, 1.54) is 16.7 Å². The minimum atomic E-state index is -2.46. The third-order valence-electron chi connectivity index (χ3n) is 4.28. The average molecular weight is 287 g/mol. The molecule has 1 aromatic carbocycles. The van der Waals surface area contributed by atoms with Gasteiger partial charge in [0.25, 0.3) is 0 Å². The zero-order valence-electron chi connectivity index (χ0n) is 11.6. The molecule has 0 nitrogen and oxygen atoms in total. The molecule has 1 fully saturated rings. The second-order valence-electron chi connectivity index (χ2n) is 5.83. The Labute approximate surface area is 119 Å². The van der Waals surface area contributed by atoms with Crippen LogP contribution in [0.1, 0.15) is 42.4 Å². The predicted molar refractivity (Wildman–Crippen MR) is 76.2 cm³/mol. The zero-order valence-corrected chi connectivity index (χ0v) is 12.3. The second kappa shape index (κ2) is 5.78. The molecule has 2 rings (SSSR count). The first kappa shape index (κ1) is 14.8. The van der Waals surface area contributed by atoms with Crippen molar-refractivity contribution >= 4 is 11.6 Å². The fourth-order valence-electron chi connectivity index (χ4n) is 2.75. The molecule has 0 saturated heterocycles. The van der Waals surface area contributed by atoms with Gasteiger partial charge in [0.1, 0.15) is 0 Å². The van der Waals surface area contributed by atoms with Crippen LogP contribution in [0.4, 0.5) is 8.78 Å². The zero-order chi connectivity index (χ0) is 14.0. The highest BCUT2D eigenvalue weighted by molar-refractivity contribution is 6.20. The highest BCUT2D eigenvalue weighted by Crippen LogP contribution is 2.39. The van der Waals surface area contributed by atoms with Crippen molar-refractivity contribution in [1.82, 2.24) is 0 Å². The van der Waals surface area contributed by atoms with Crippen LogP contribution >= 0.6 is 11.6 Å². The van der Waals surface area contributed by atoms with E-state index < -0.39 is 5.92 Å². The van der Waals surface area contributed by atoms with Crippen molar-refractivity contribution in [3.8, 4) is 0 Å². The molecule has 0 amide bonds. The maximum atomic E-state index is 13.1. The molecule has 0 aromatic heterocycles. The first-order chi connectivity index (χ1) is 8.87. The van der Waals surface area contributed by atoms with Gasteiger partial charge in [-0.3, -0.25) is 0 Å². The highest BCUT2D eigenvalue weighted by Gasteiger charge is 2.37. The second-order valence-corrected chi connectivity index (χ2v) is 6.39. The molecule has 1 aromatic rings. The fourth-order valence-corrected chi connectivity index (χ4v) is 3.18. The van der Waals surface area contributed by atoms with E-state index in [0.29, 0.717) is 12.8 Å². The van der Waals surface area contributed by atoms with E-state index in [1.807, 2.05) is 0 Å². The Hall–Kier alpha value is -0.630. The first-order valence-electron chi connectivity index (χ1n) is 6.95. The SMILES string of the molecule is Cc1ccc(CC(Cl)C2CCC(F)(F)CC2)cc1C. The van der Waals surface area contributed by atoms with Gasteiger partial charge in [0, 0.05) is 18.2 Å². The Morgan fingerprint density at radius 3 is 2.42 bits per heavy atom. The van der Waals surface area contributed by atoms with Crippen LogP contribution in [-0.2, 0) is 6.42 Å². The molecule has 19 heavy (non-hydrogen) atoms. The molecular weight excluding hydrogens is 266 g/mol. The number of hydrogen-bond acceptors (Lipinski definition) is 0. The van der Waals surface area contributed by atoms with Crippen LogP contribution in [0.15, 0.2) is 18.2 Å². The lowest BCUT2D eigenvalue weighted by Gasteiger charge is -2.31. The van der Waals surface area contributed by atoms with Gasteiger partial charge in [-0.05, 0) is 55.7 Å². The van der Waals surface area contributed by atoms with Crippen LogP contribution in [-0.4, -0.2) is 11.3 Å². The molecule has 3 heteroatoms. The molecule has 106 valence electrons. The number of benzene rings is 1. The molecule has 1 aliphatic rings. The molecule has 0 radical (unpaired) electrons. The lowest BCUT2D eigenvalue weighted by atomic mass is 9.83. The third kappa shape index (κ3) is 3.92. The quantitative estimate of drug-likeness (QED) is 0.663. The van der Waals surface area contributed by atoms with Crippen LogP contribution in [0.3, 0.4) is 0 Å². The highest BCUT2D eigenvalue weighted by atomic mass is 35.5. The fraction of sp³-hybridized carbons (Fsp3) is 0.625. The molecule has 1 atom stereocenters. The van der Waals surface area contributed by atoms with Gasteiger partial charge in [-0.25, -0.2) is 8.78 Å². The summed E-state index contributed by atoms with van der Waals surface area (Å²) in [7, 11) is 0. The van der Waals surface area contributed by atoms with Gasteiger partial charge in [0.15, 0.2) is 0 Å². The van der Waals surface area contributed by atoms with E-state index >= 15 is 0 Å². The van der Waals surface area contributed by atoms with Gasteiger partial charge >= 0.3 is 0 Å². The van der Waals surface area contributed by atoms with Gasteiger partial charge in [-0.15, -0.1) is 11.6 Å². The molecular formula is C16H21ClF2. The minimum absolute atomic E-state index is 0.00614. The predicted octanol–water partition coefficient (Wildman–Crippen LogP) is 5.28. The Morgan fingerprint density at radius 2 is 1.84 bits per heavy atom. The molecule has 1 aliphatic carbocycles. The van der Waals surface area contributed by atoms with Crippen molar-refractivity contribution in [2.24, 2.45) is 5.92 Å². The summed E-state index contributed by atoms with van der Waals surface area (Å²) in [6, 6.07) is 6.35. The molecule has 1 saturated carbocycles. The van der Waals surface area contributed by atoms with Gasteiger partial charge in [-0.1, -0.05) is 18.2 Å². The number of hydrogen-bond donors (Lipinski definition) is 0. The van der Waals surface area contributed by atoms with E-state index in [9.17, 15) is 8.78 Å². The first-order valence-corrected chi connectivity index (χ1v) is 7.39. The van der Waals surface area contributed by atoms with Gasteiger partial charge in [0.05, 0.1) is 0 Å². The van der Waals surface area contributed by atoms with E-state index in [2.05, 4.69) is 32.0 Å². The van der Waals surface area contributed by atoms with Crippen LogP contribution < -0.4 is 0 Å². The lowest BCUT2D eigenvalue weighted by Crippen LogP contribution is -2.29. The van der Waals surface area contributed by atoms with Crippen molar-refractivity contribution in [2.45, 2.75) is 57.3 Å². The summed E-state index contributed by atoms with van der Waals surface area (Å²) >= 11 is 6.43. The van der Waals surface area contributed by atoms with E-state index in [1.54, 1.807) is 0 Å². The summed E-state index contributed by atoms with van der Waals surface area (Å²) in [4.78, 5) is 0. The maximum absolute atomic E-state index is 13.1. The van der Waals surface area contributed by atoms with E-state index in [-0.39, 0.29) is 24.1 Å². The largest absolute Gasteiger partial charge is 0.248 e. The Bertz CT molecular complexity index is 432. The molecule has 0 heterocycles. The summed E-state index contributed by atoms with van der Waals surface area (Å²) in [5.41, 5.74) is 3.74. The summed E-state index contributed by atoms with van der Waals surface area (Å²) in [6.45, 7) is 4.17. The summed E-state index contributed by atoms with van der Waals surface area (Å²) < 4.78 is 26.2.